The summed E-state index contributed by atoms with van der Waals surface area (Å²) in [5.74, 6) is 3.13. The summed E-state index contributed by atoms with van der Waals surface area (Å²) >= 11 is 0. The van der Waals surface area contributed by atoms with E-state index in [1.54, 1.807) is 0 Å². The molecule has 0 aliphatic carbocycles. The monoisotopic (exact) mass is 1080 g/mol. The van der Waals surface area contributed by atoms with Crippen LogP contribution in [0.25, 0.3) is 11.1 Å². The van der Waals surface area contributed by atoms with Crippen LogP contribution < -0.4 is 4.74 Å². The van der Waals surface area contributed by atoms with Crippen molar-refractivity contribution in [2.45, 2.75) is 270 Å². The highest BCUT2D eigenvalue weighted by Crippen LogP contribution is 2.36. The lowest BCUT2D eigenvalue weighted by Gasteiger charge is -2.23. The molecule has 0 unspecified atom stereocenters. The SMILES string of the molecule is CC(C)(C)CCCCCC(C)(C)C.CC(C)(C)c1ccc(-c2ccc(C(C)(C)C)cc2)cc1.CC(C)(C)c1ccc(C(C)(C)C)cc1.CC(C)(C)c1cccc(Oc2ccccc2C(C)(C)C)c1.CC(C)c1cccc(C(C)C)c1. The first-order chi connectivity index (χ1) is 36.4. The number of benzene rings is 6. The van der Waals surface area contributed by atoms with Gasteiger partial charge in [0.2, 0.25) is 0 Å². The molecule has 6 aromatic rings. The molecular formula is C79H120O. The quantitative estimate of drug-likeness (QED) is 0.131. The fourth-order valence-corrected chi connectivity index (χ4v) is 8.89. The molecule has 0 aromatic heterocycles. The smallest absolute Gasteiger partial charge is 0.131 e. The van der Waals surface area contributed by atoms with Gasteiger partial charge >= 0.3 is 0 Å². The number of hydrogen-bond donors (Lipinski definition) is 0. The zero-order valence-corrected chi connectivity index (χ0v) is 57.0. The summed E-state index contributed by atoms with van der Waals surface area (Å²) in [6.07, 6.45) is 6.96. The van der Waals surface area contributed by atoms with E-state index in [0.717, 1.165) is 11.5 Å². The highest BCUT2D eigenvalue weighted by Gasteiger charge is 2.21. The Morgan fingerprint density at radius 1 is 0.300 bits per heavy atom. The predicted octanol–water partition coefficient (Wildman–Crippen LogP) is 25.3. The number of rotatable bonds is 9. The minimum atomic E-state index is 0.0677. The first-order valence-corrected chi connectivity index (χ1v) is 30.7. The second-order valence-electron chi connectivity index (χ2n) is 32.0. The van der Waals surface area contributed by atoms with Crippen LogP contribution in [0.5, 0.6) is 11.5 Å². The lowest BCUT2D eigenvalue weighted by Crippen LogP contribution is -2.14. The van der Waals surface area contributed by atoms with Crippen LogP contribution in [0.2, 0.25) is 0 Å². The molecule has 80 heavy (non-hydrogen) atoms. The van der Waals surface area contributed by atoms with Gasteiger partial charge in [-0.25, -0.2) is 0 Å². The third kappa shape index (κ3) is 27.3. The third-order valence-electron chi connectivity index (χ3n) is 14.7. The van der Waals surface area contributed by atoms with Crippen molar-refractivity contribution in [3.05, 3.63) is 190 Å². The molecule has 0 radical (unpaired) electrons. The van der Waals surface area contributed by atoms with Crippen LogP contribution in [0.4, 0.5) is 0 Å². The maximum Gasteiger partial charge on any atom is 0.131 e. The van der Waals surface area contributed by atoms with E-state index in [0.29, 0.717) is 22.7 Å². The van der Waals surface area contributed by atoms with Crippen molar-refractivity contribution < 1.29 is 4.74 Å². The van der Waals surface area contributed by atoms with Gasteiger partial charge in [-0.05, 0) is 136 Å². The van der Waals surface area contributed by atoms with E-state index in [9.17, 15) is 0 Å². The van der Waals surface area contributed by atoms with Crippen molar-refractivity contribution >= 4 is 0 Å². The maximum atomic E-state index is 6.17. The van der Waals surface area contributed by atoms with Crippen LogP contribution in [-0.2, 0) is 32.5 Å². The van der Waals surface area contributed by atoms with Crippen LogP contribution >= 0.6 is 0 Å². The van der Waals surface area contributed by atoms with E-state index in [4.69, 9.17) is 4.74 Å². The van der Waals surface area contributed by atoms with Crippen molar-refractivity contribution in [3.63, 3.8) is 0 Å². The zero-order chi connectivity index (χ0) is 61.3. The molecule has 6 rings (SSSR count). The average molecular weight is 1090 g/mol. The van der Waals surface area contributed by atoms with Gasteiger partial charge in [-0.2, -0.15) is 0 Å². The number of unbranched alkanes of at least 4 members (excludes halogenated alkanes) is 2. The van der Waals surface area contributed by atoms with Crippen molar-refractivity contribution in [2.75, 3.05) is 0 Å². The van der Waals surface area contributed by atoms with E-state index in [1.807, 2.05) is 18.2 Å². The molecule has 0 amide bonds. The lowest BCUT2D eigenvalue weighted by molar-refractivity contribution is 0.330. The first kappa shape index (κ1) is 71.2. The Hall–Kier alpha value is -4.88. The first-order valence-electron chi connectivity index (χ1n) is 30.7. The van der Waals surface area contributed by atoms with Crippen molar-refractivity contribution in [1.82, 2.24) is 0 Å². The summed E-state index contributed by atoms with van der Waals surface area (Å²) in [5, 5.41) is 0. The number of para-hydroxylation sites is 1. The van der Waals surface area contributed by atoms with Crippen molar-refractivity contribution in [1.29, 1.82) is 0 Å². The van der Waals surface area contributed by atoms with E-state index >= 15 is 0 Å². The summed E-state index contributed by atoms with van der Waals surface area (Å²) in [5.41, 5.74) is 15.8. The molecule has 0 bridgehead atoms. The highest BCUT2D eigenvalue weighted by molar-refractivity contribution is 5.64. The van der Waals surface area contributed by atoms with Gasteiger partial charge in [0.15, 0.2) is 0 Å². The van der Waals surface area contributed by atoms with E-state index in [2.05, 4.69) is 321 Å². The predicted molar refractivity (Wildman–Crippen MR) is 360 cm³/mol. The Morgan fingerprint density at radius 2 is 0.625 bits per heavy atom. The molecule has 0 N–H and O–H groups in total. The molecule has 0 saturated carbocycles. The van der Waals surface area contributed by atoms with Gasteiger partial charge in [0.25, 0.3) is 0 Å². The summed E-state index contributed by atoms with van der Waals surface area (Å²) in [7, 11) is 0. The molecule has 1 nitrogen and oxygen atoms in total. The highest BCUT2D eigenvalue weighted by atomic mass is 16.5. The summed E-state index contributed by atoms with van der Waals surface area (Å²) in [6, 6.07) is 52.4. The lowest BCUT2D eigenvalue weighted by atomic mass is 9.82. The number of ether oxygens (including phenoxy) is 1. The van der Waals surface area contributed by atoms with Crippen LogP contribution in [0.15, 0.2) is 146 Å². The van der Waals surface area contributed by atoms with E-state index in [-0.39, 0.29) is 32.5 Å². The molecule has 0 aliphatic heterocycles. The van der Waals surface area contributed by atoms with Crippen molar-refractivity contribution in [2.24, 2.45) is 10.8 Å². The topological polar surface area (TPSA) is 9.23 Å². The molecule has 0 spiro atoms. The third-order valence-corrected chi connectivity index (χ3v) is 14.7. The standard InChI is InChI=1S/C20H26O.C20H26.C14H22.C13H28.C12H18/c1-19(2,3)15-10-9-11-16(14-15)21-18-13-8-7-12-17(18)20(4,5)6;1-19(2,3)17-11-7-15(8-12-17)16-9-13-18(14-10-16)20(4,5)6;1-13(2,3)11-7-9-12(10-8-11)14(4,5)6;1-12(2,3)10-8-7-9-11-13(4,5)6;1-9(2)11-6-5-7-12(8-11)10(3)4/h7-14H,1-6H3;7-14H,1-6H3;7-10H,1-6H3;7-11H2,1-6H3;5-10H,1-4H3. The molecule has 0 aliphatic rings. The normalized spacial score (nSPS) is 12.5. The van der Waals surface area contributed by atoms with Gasteiger partial charge in [0, 0.05) is 5.56 Å². The Balaban J connectivity index is 0.000000348. The van der Waals surface area contributed by atoms with Crippen LogP contribution in [0.3, 0.4) is 0 Å². The van der Waals surface area contributed by atoms with Gasteiger partial charge in [0.1, 0.15) is 11.5 Å². The fourth-order valence-electron chi connectivity index (χ4n) is 8.89. The summed E-state index contributed by atoms with van der Waals surface area (Å²) in [4.78, 5) is 0. The Kier molecular flexibility index (Phi) is 26.6. The number of hydrogen-bond acceptors (Lipinski definition) is 1. The average Bonchev–Trinajstić information content (AvgIpc) is 3.33. The second-order valence-corrected chi connectivity index (χ2v) is 32.0. The maximum absolute atomic E-state index is 6.17. The van der Waals surface area contributed by atoms with Gasteiger partial charge < -0.3 is 4.74 Å². The molecule has 0 saturated heterocycles. The molecule has 1 heteroatoms. The Labute approximate surface area is 496 Å². The van der Waals surface area contributed by atoms with Crippen LogP contribution in [0, 0.1) is 10.8 Å². The molecule has 6 aromatic carbocycles. The van der Waals surface area contributed by atoms with Crippen LogP contribution in [0.1, 0.15) is 282 Å². The fraction of sp³-hybridized carbons (Fsp3) is 0.544. The van der Waals surface area contributed by atoms with E-state index < -0.39 is 0 Å². The zero-order valence-electron chi connectivity index (χ0n) is 57.0. The van der Waals surface area contributed by atoms with Gasteiger partial charge in [-0.1, -0.05) is 341 Å². The van der Waals surface area contributed by atoms with Gasteiger partial charge in [0.05, 0.1) is 0 Å². The minimum absolute atomic E-state index is 0.0677. The van der Waals surface area contributed by atoms with Crippen molar-refractivity contribution in [3.8, 4) is 22.6 Å². The second kappa shape index (κ2) is 29.9. The van der Waals surface area contributed by atoms with Gasteiger partial charge in [-0.15, -0.1) is 0 Å². The molecule has 0 heterocycles. The van der Waals surface area contributed by atoms with Gasteiger partial charge in [-0.3, -0.25) is 0 Å². The molecule has 0 fully saturated rings. The molecule has 442 valence electrons. The molecule has 0 atom stereocenters. The Morgan fingerprint density at radius 3 is 0.938 bits per heavy atom. The van der Waals surface area contributed by atoms with Crippen LogP contribution in [-0.4, -0.2) is 0 Å². The summed E-state index contributed by atoms with van der Waals surface area (Å²) in [6.45, 7) is 63.2. The largest absolute Gasteiger partial charge is 0.457 e. The Bertz CT molecular complexity index is 2540. The van der Waals surface area contributed by atoms with E-state index in [1.165, 1.54) is 87.7 Å². The molecular weight excluding hydrogens is 965 g/mol. The summed E-state index contributed by atoms with van der Waals surface area (Å²) < 4.78 is 6.17. The minimum Gasteiger partial charge on any atom is -0.457 e.